The number of anilines is 1. The fourth-order valence-corrected chi connectivity index (χ4v) is 4.01. The van der Waals surface area contributed by atoms with E-state index in [0.29, 0.717) is 10.7 Å². The molecule has 0 spiro atoms. The Kier molecular flexibility index (Phi) is 6.73. The van der Waals surface area contributed by atoms with Crippen LogP contribution in [-0.4, -0.2) is 33.7 Å². The Labute approximate surface area is 165 Å². The predicted octanol–water partition coefficient (Wildman–Crippen LogP) is 3.38. The predicted molar refractivity (Wildman–Crippen MR) is 108 cm³/mol. The summed E-state index contributed by atoms with van der Waals surface area (Å²) in [6.07, 6.45) is 1.07. The van der Waals surface area contributed by atoms with Gasteiger partial charge in [-0.3, -0.25) is 9.10 Å². The van der Waals surface area contributed by atoms with E-state index < -0.39 is 22.0 Å². The molecular formula is C19H23ClN2O4S. The lowest BCUT2D eigenvalue weighted by atomic mass is 10.1. The first-order chi connectivity index (χ1) is 12.6. The number of nitrogens with one attached hydrogen (secondary N) is 1. The van der Waals surface area contributed by atoms with E-state index in [9.17, 15) is 13.2 Å². The Balaban J connectivity index is 2.20. The lowest BCUT2D eigenvalue weighted by Gasteiger charge is -2.29. The van der Waals surface area contributed by atoms with Crippen LogP contribution in [0.2, 0.25) is 5.02 Å². The highest BCUT2D eigenvalue weighted by Crippen LogP contribution is 2.24. The number of nitrogens with zero attached hydrogens (tertiary/aromatic N) is 1. The largest absolute Gasteiger partial charge is 0.497 e. The summed E-state index contributed by atoms with van der Waals surface area (Å²) in [6, 6.07) is 12.4. The van der Waals surface area contributed by atoms with E-state index >= 15 is 0 Å². The number of carbonyl (C=O) groups excluding carboxylic acids is 1. The molecule has 0 radical (unpaired) electrons. The van der Waals surface area contributed by atoms with Crippen molar-refractivity contribution >= 4 is 33.2 Å². The second-order valence-corrected chi connectivity index (χ2v) is 8.51. The van der Waals surface area contributed by atoms with Crippen molar-refractivity contribution in [1.82, 2.24) is 5.32 Å². The summed E-state index contributed by atoms with van der Waals surface area (Å²) in [6.45, 7) is 3.38. The molecule has 146 valence electrons. The zero-order chi connectivity index (χ0) is 20.2. The van der Waals surface area contributed by atoms with E-state index in [4.69, 9.17) is 16.3 Å². The van der Waals surface area contributed by atoms with E-state index in [0.717, 1.165) is 21.9 Å². The Morgan fingerprint density at radius 3 is 2.11 bits per heavy atom. The monoisotopic (exact) mass is 410 g/mol. The molecule has 2 rings (SSSR count). The lowest BCUT2D eigenvalue weighted by molar-refractivity contribution is -0.122. The zero-order valence-electron chi connectivity index (χ0n) is 15.6. The van der Waals surface area contributed by atoms with Gasteiger partial charge in [-0.05, 0) is 55.8 Å². The first-order valence-electron chi connectivity index (χ1n) is 8.32. The van der Waals surface area contributed by atoms with Crippen LogP contribution in [0.15, 0.2) is 48.5 Å². The number of carbonyl (C=O) groups is 1. The highest BCUT2D eigenvalue weighted by atomic mass is 35.5. The van der Waals surface area contributed by atoms with Gasteiger partial charge in [0, 0.05) is 5.02 Å². The van der Waals surface area contributed by atoms with E-state index in [1.807, 2.05) is 19.1 Å². The second kappa shape index (κ2) is 8.63. The number of sulfonamides is 1. The van der Waals surface area contributed by atoms with Gasteiger partial charge in [0.2, 0.25) is 15.9 Å². The first-order valence-corrected chi connectivity index (χ1v) is 10.6. The quantitative estimate of drug-likeness (QED) is 0.759. The molecule has 2 atom stereocenters. The maximum atomic E-state index is 12.7. The van der Waals surface area contributed by atoms with Crippen LogP contribution in [0.3, 0.4) is 0 Å². The van der Waals surface area contributed by atoms with Gasteiger partial charge in [0.1, 0.15) is 11.8 Å². The van der Waals surface area contributed by atoms with Crippen molar-refractivity contribution in [2.45, 2.75) is 25.9 Å². The van der Waals surface area contributed by atoms with Crippen LogP contribution < -0.4 is 14.4 Å². The van der Waals surface area contributed by atoms with Gasteiger partial charge in [0.05, 0.1) is 25.1 Å². The van der Waals surface area contributed by atoms with Crippen molar-refractivity contribution in [3.63, 3.8) is 0 Å². The maximum absolute atomic E-state index is 12.7. The Bertz CT molecular complexity index is 883. The minimum Gasteiger partial charge on any atom is -0.497 e. The molecule has 0 aliphatic rings. The Morgan fingerprint density at radius 1 is 1.07 bits per heavy atom. The number of hydrogen-bond donors (Lipinski definition) is 1. The van der Waals surface area contributed by atoms with E-state index in [2.05, 4.69) is 5.32 Å². The number of halogens is 1. The summed E-state index contributed by atoms with van der Waals surface area (Å²) in [5.74, 6) is 0.315. The first kappa shape index (κ1) is 21.1. The average Bonchev–Trinajstić information content (AvgIpc) is 2.62. The maximum Gasteiger partial charge on any atom is 0.244 e. The van der Waals surface area contributed by atoms with Gasteiger partial charge in [-0.15, -0.1) is 0 Å². The molecule has 0 saturated carbocycles. The average molecular weight is 411 g/mol. The summed E-state index contributed by atoms with van der Waals surface area (Å²) in [5.41, 5.74) is 1.26. The van der Waals surface area contributed by atoms with Crippen LogP contribution in [0.4, 0.5) is 5.69 Å². The molecular weight excluding hydrogens is 388 g/mol. The van der Waals surface area contributed by atoms with Gasteiger partial charge in [-0.25, -0.2) is 8.42 Å². The standard InChI is InChI=1S/C19H23ClN2O4S/c1-13(15-5-11-18(26-3)12-6-15)21-19(23)14(2)22(27(4,24)25)17-9-7-16(20)8-10-17/h5-14H,1-4H3,(H,21,23)/t13-,14-/m0/s1. The molecule has 1 N–H and O–H groups in total. The summed E-state index contributed by atoms with van der Waals surface area (Å²) < 4.78 is 30.8. The smallest absolute Gasteiger partial charge is 0.244 e. The summed E-state index contributed by atoms with van der Waals surface area (Å²) in [5, 5.41) is 3.34. The molecule has 6 nitrogen and oxygen atoms in total. The van der Waals surface area contributed by atoms with Crippen molar-refractivity contribution < 1.29 is 17.9 Å². The summed E-state index contributed by atoms with van der Waals surface area (Å²) in [7, 11) is -2.09. The third kappa shape index (κ3) is 5.37. The molecule has 0 heterocycles. The molecule has 27 heavy (non-hydrogen) atoms. The minimum atomic E-state index is -3.67. The van der Waals surface area contributed by atoms with Gasteiger partial charge < -0.3 is 10.1 Å². The number of rotatable bonds is 7. The van der Waals surface area contributed by atoms with E-state index in [1.165, 1.54) is 0 Å². The highest BCUT2D eigenvalue weighted by Gasteiger charge is 2.29. The lowest BCUT2D eigenvalue weighted by Crippen LogP contribution is -2.48. The molecule has 2 aromatic rings. The molecule has 2 aromatic carbocycles. The van der Waals surface area contributed by atoms with E-state index in [1.54, 1.807) is 50.4 Å². The van der Waals surface area contributed by atoms with Crippen molar-refractivity contribution in [3.8, 4) is 5.75 Å². The minimum absolute atomic E-state index is 0.294. The molecule has 0 unspecified atom stereocenters. The fourth-order valence-electron chi connectivity index (χ4n) is 2.71. The molecule has 0 saturated heterocycles. The highest BCUT2D eigenvalue weighted by molar-refractivity contribution is 7.92. The number of amides is 1. The van der Waals surface area contributed by atoms with Crippen molar-refractivity contribution in [1.29, 1.82) is 0 Å². The van der Waals surface area contributed by atoms with Gasteiger partial charge >= 0.3 is 0 Å². The Morgan fingerprint density at radius 2 is 1.63 bits per heavy atom. The topological polar surface area (TPSA) is 75.7 Å². The summed E-state index contributed by atoms with van der Waals surface area (Å²) in [4.78, 5) is 12.7. The van der Waals surface area contributed by atoms with Crippen LogP contribution in [0.1, 0.15) is 25.5 Å². The fraction of sp³-hybridized carbons (Fsp3) is 0.316. The van der Waals surface area contributed by atoms with Gasteiger partial charge in [-0.2, -0.15) is 0 Å². The van der Waals surface area contributed by atoms with Gasteiger partial charge in [0.25, 0.3) is 0 Å². The SMILES string of the molecule is COc1ccc([C@H](C)NC(=O)[C@H](C)N(c2ccc(Cl)cc2)S(C)(=O)=O)cc1. The number of ether oxygens (including phenoxy) is 1. The number of hydrogen-bond acceptors (Lipinski definition) is 4. The van der Waals surface area contributed by atoms with E-state index in [-0.39, 0.29) is 6.04 Å². The second-order valence-electron chi connectivity index (χ2n) is 6.21. The van der Waals surface area contributed by atoms with Crippen LogP contribution in [0, 0.1) is 0 Å². The van der Waals surface area contributed by atoms with Crippen LogP contribution >= 0.6 is 11.6 Å². The molecule has 0 aromatic heterocycles. The molecule has 0 aliphatic carbocycles. The molecule has 0 fully saturated rings. The third-order valence-corrected chi connectivity index (χ3v) is 5.64. The normalized spacial score (nSPS) is 13.5. The molecule has 0 bridgehead atoms. The number of benzene rings is 2. The van der Waals surface area contributed by atoms with Crippen molar-refractivity contribution in [2.75, 3.05) is 17.7 Å². The van der Waals surface area contributed by atoms with Crippen LogP contribution in [0.5, 0.6) is 5.75 Å². The zero-order valence-corrected chi connectivity index (χ0v) is 17.2. The Hall–Kier alpha value is -2.25. The molecule has 1 amide bonds. The van der Waals surface area contributed by atoms with Crippen molar-refractivity contribution in [2.24, 2.45) is 0 Å². The van der Waals surface area contributed by atoms with Gasteiger partial charge in [0.15, 0.2) is 0 Å². The van der Waals surface area contributed by atoms with Gasteiger partial charge in [-0.1, -0.05) is 23.7 Å². The number of methoxy groups -OCH3 is 1. The molecule has 8 heteroatoms. The molecule has 0 aliphatic heterocycles. The van der Waals surface area contributed by atoms with Crippen LogP contribution in [-0.2, 0) is 14.8 Å². The third-order valence-electron chi connectivity index (χ3n) is 4.14. The van der Waals surface area contributed by atoms with Crippen LogP contribution in [0.25, 0.3) is 0 Å². The van der Waals surface area contributed by atoms with Crippen molar-refractivity contribution in [3.05, 3.63) is 59.1 Å². The summed E-state index contributed by atoms with van der Waals surface area (Å²) >= 11 is 5.87.